The van der Waals surface area contributed by atoms with Crippen molar-refractivity contribution in [3.8, 4) is 0 Å². The molecule has 11 heavy (non-hydrogen) atoms. The fourth-order valence-corrected chi connectivity index (χ4v) is 0.173. The first-order valence-corrected chi connectivity index (χ1v) is 2.95. The molecule has 0 unspecified atom stereocenters. The largest absolute Gasteiger partial charge is 1.00 e. The smallest absolute Gasteiger partial charge is 0.358 e. The monoisotopic (exact) mass is 183 g/mol. The zero-order valence-corrected chi connectivity index (χ0v) is 11.4. The van der Waals surface area contributed by atoms with Gasteiger partial charge >= 0.3 is 51.4 Å². The molecule has 0 aliphatic rings. The molecule has 0 aromatic carbocycles. The molecule has 0 amide bonds. The molecular formula is C7H18KN3. The third-order valence-electron chi connectivity index (χ3n) is 0.408. The summed E-state index contributed by atoms with van der Waals surface area (Å²) in [6.45, 7) is 7.23. The second kappa shape index (κ2) is 30.8. The topological polar surface area (TPSA) is 36.4 Å². The van der Waals surface area contributed by atoms with Gasteiger partial charge in [0.2, 0.25) is 0 Å². The maximum absolute atomic E-state index is 3.44. The van der Waals surface area contributed by atoms with Crippen molar-refractivity contribution in [2.75, 3.05) is 7.05 Å². The standard InChI is InChI=1S/C4H9N3.C2H6.CH3.K/c1-5-3-4-7-6-2;1-2;;/h3-4,6-7H,1H2,2H3;1-2H3;1H3;/q;;-1;+1/b4-3-;;;. The first kappa shape index (κ1) is 22.6. The average Bonchev–Trinajstić information content (AvgIpc) is 1.94. The van der Waals surface area contributed by atoms with Gasteiger partial charge in [0.1, 0.15) is 0 Å². The summed E-state index contributed by atoms with van der Waals surface area (Å²) in [5.74, 6) is 0. The summed E-state index contributed by atoms with van der Waals surface area (Å²) >= 11 is 0. The molecule has 0 rings (SSSR count). The van der Waals surface area contributed by atoms with Gasteiger partial charge in [-0.2, -0.15) is 0 Å². The Morgan fingerprint density at radius 3 is 2.09 bits per heavy atom. The maximum atomic E-state index is 3.44. The van der Waals surface area contributed by atoms with Crippen LogP contribution in [0, 0.1) is 7.43 Å². The molecule has 0 saturated carbocycles. The first-order valence-electron chi connectivity index (χ1n) is 2.95. The van der Waals surface area contributed by atoms with E-state index >= 15 is 0 Å². The van der Waals surface area contributed by atoms with Crippen molar-refractivity contribution in [3.63, 3.8) is 0 Å². The quantitative estimate of drug-likeness (QED) is 0.238. The Kier molecular flexibility index (Phi) is 63.4. The molecule has 2 N–H and O–H groups in total. The minimum Gasteiger partial charge on any atom is -0.358 e. The van der Waals surface area contributed by atoms with E-state index in [0.29, 0.717) is 0 Å². The number of hydrogen-bond acceptors (Lipinski definition) is 3. The Balaban J connectivity index is -0.0000000564. The fraction of sp³-hybridized carbons (Fsp3) is 0.429. The normalized spacial score (nSPS) is 6.45. The molecule has 0 saturated heterocycles. The van der Waals surface area contributed by atoms with Gasteiger partial charge in [-0.3, -0.25) is 4.99 Å². The van der Waals surface area contributed by atoms with Gasteiger partial charge in [-0.1, -0.05) is 13.8 Å². The van der Waals surface area contributed by atoms with E-state index in [0.717, 1.165) is 0 Å². The van der Waals surface area contributed by atoms with Gasteiger partial charge in [0.15, 0.2) is 0 Å². The minimum absolute atomic E-state index is 0. The van der Waals surface area contributed by atoms with Gasteiger partial charge in [-0.05, 0) is 6.72 Å². The number of hydrogen-bond donors (Lipinski definition) is 2. The van der Waals surface area contributed by atoms with Crippen LogP contribution in [0.4, 0.5) is 0 Å². The molecule has 0 aliphatic carbocycles. The second-order valence-electron chi connectivity index (χ2n) is 0.893. The van der Waals surface area contributed by atoms with Crippen molar-refractivity contribution in [1.82, 2.24) is 10.9 Å². The molecule has 0 radical (unpaired) electrons. The van der Waals surface area contributed by atoms with Crippen LogP contribution in [0.25, 0.3) is 0 Å². The van der Waals surface area contributed by atoms with Crippen LogP contribution >= 0.6 is 0 Å². The van der Waals surface area contributed by atoms with Crippen molar-refractivity contribution in [1.29, 1.82) is 0 Å². The molecule has 0 spiro atoms. The SMILES string of the molecule is C=N/C=C\NNC.CC.[CH3-].[K+]. The second-order valence-corrected chi connectivity index (χ2v) is 0.893. The van der Waals surface area contributed by atoms with E-state index < -0.39 is 0 Å². The van der Waals surface area contributed by atoms with Gasteiger partial charge in [0.25, 0.3) is 0 Å². The fourth-order valence-electron chi connectivity index (χ4n) is 0.173. The summed E-state index contributed by atoms with van der Waals surface area (Å²) in [7, 11) is 1.77. The van der Waals surface area contributed by atoms with Crippen molar-refractivity contribution >= 4 is 6.72 Å². The summed E-state index contributed by atoms with van der Waals surface area (Å²) in [5.41, 5.74) is 5.36. The average molecular weight is 183 g/mol. The number of aliphatic imine (C=N–C) groups is 1. The molecule has 0 aliphatic heterocycles. The van der Waals surface area contributed by atoms with Crippen molar-refractivity contribution in [2.45, 2.75) is 13.8 Å². The molecule has 0 bridgehead atoms. The molecule has 0 fully saturated rings. The first-order chi connectivity index (χ1) is 4.41. The van der Waals surface area contributed by atoms with E-state index in [4.69, 9.17) is 0 Å². The molecule has 0 atom stereocenters. The minimum atomic E-state index is 0. The summed E-state index contributed by atoms with van der Waals surface area (Å²) < 4.78 is 0. The zero-order chi connectivity index (χ0) is 7.54. The van der Waals surface area contributed by atoms with Crippen LogP contribution in [0.1, 0.15) is 13.8 Å². The maximum Gasteiger partial charge on any atom is 1.00 e. The summed E-state index contributed by atoms with van der Waals surface area (Å²) in [4.78, 5) is 3.44. The van der Waals surface area contributed by atoms with E-state index in [9.17, 15) is 0 Å². The van der Waals surface area contributed by atoms with Gasteiger partial charge in [0, 0.05) is 19.4 Å². The Hall–Kier alpha value is 0.806. The van der Waals surface area contributed by atoms with Gasteiger partial charge in [-0.25, -0.2) is 5.43 Å². The third kappa shape index (κ3) is 36.3. The summed E-state index contributed by atoms with van der Waals surface area (Å²) in [5, 5.41) is 0. The van der Waals surface area contributed by atoms with Crippen molar-refractivity contribution < 1.29 is 51.4 Å². The van der Waals surface area contributed by atoms with Crippen LogP contribution in [0.5, 0.6) is 0 Å². The van der Waals surface area contributed by atoms with E-state index in [2.05, 4.69) is 22.6 Å². The van der Waals surface area contributed by atoms with E-state index in [1.54, 1.807) is 19.4 Å². The van der Waals surface area contributed by atoms with Crippen LogP contribution in [0.2, 0.25) is 0 Å². The summed E-state index contributed by atoms with van der Waals surface area (Å²) in [6, 6.07) is 0. The van der Waals surface area contributed by atoms with Crippen LogP contribution in [-0.4, -0.2) is 13.8 Å². The summed E-state index contributed by atoms with van der Waals surface area (Å²) in [6.07, 6.45) is 3.20. The Morgan fingerprint density at radius 2 is 1.82 bits per heavy atom. The predicted octanol–water partition coefficient (Wildman–Crippen LogP) is -1.64. The molecule has 0 heterocycles. The van der Waals surface area contributed by atoms with Gasteiger partial charge in [-0.15, -0.1) is 0 Å². The molecule has 0 aromatic rings. The Morgan fingerprint density at radius 1 is 1.36 bits per heavy atom. The van der Waals surface area contributed by atoms with Crippen LogP contribution < -0.4 is 62.2 Å². The van der Waals surface area contributed by atoms with E-state index in [1.165, 1.54) is 0 Å². The number of nitrogens with zero attached hydrogens (tertiary/aromatic N) is 1. The van der Waals surface area contributed by atoms with Crippen LogP contribution in [0.3, 0.4) is 0 Å². The molecule has 0 aromatic heterocycles. The van der Waals surface area contributed by atoms with Gasteiger partial charge in [0.05, 0.1) is 0 Å². The number of hydrazine groups is 1. The van der Waals surface area contributed by atoms with Crippen LogP contribution in [-0.2, 0) is 0 Å². The number of rotatable bonds is 3. The third-order valence-corrected chi connectivity index (χ3v) is 0.408. The van der Waals surface area contributed by atoms with E-state index in [-0.39, 0.29) is 58.8 Å². The van der Waals surface area contributed by atoms with Gasteiger partial charge < -0.3 is 12.9 Å². The molecule has 4 heteroatoms. The zero-order valence-electron chi connectivity index (χ0n) is 8.31. The molecule has 62 valence electrons. The van der Waals surface area contributed by atoms with Crippen LogP contribution in [0.15, 0.2) is 17.4 Å². The van der Waals surface area contributed by atoms with Crippen molar-refractivity contribution in [2.24, 2.45) is 4.99 Å². The predicted molar refractivity (Wildman–Crippen MR) is 48.6 cm³/mol. The van der Waals surface area contributed by atoms with Crippen molar-refractivity contribution in [3.05, 3.63) is 19.8 Å². The molecular weight excluding hydrogens is 165 g/mol. The Labute approximate surface area is 113 Å². The Bertz CT molecular complexity index is 74.1. The van der Waals surface area contributed by atoms with E-state index in [1.807, 2.05) is 13.8 Å². The molecule has 3 nitrogen and oxygen atoms in total. The number of nitrogens with one attached hydrogen (secondary N) is 2.